The molecule has 1 aliphatic rings. The van der Waals surface area contributed by atoms with Gasteiger partial charge in [-0.25, -0.2) is 4.79 Å². The number of ether oxygens (including phenoxy) is 1. The SMILES string of the molecule is Cc1ccc(CNC(=O)NCC(=O)NC(CN2CCOCC2)c2ccccc2)cc1. The van der Waals surface area contributed by atoms with E-state index in [4.69, 9.17) is 4.74 Å². The first-order chi connectivity index (χ1) is 14.6. The van der Waals surface area contributed by atoms with Gasteiger partial charge in [-0.2, -0.15) is 0 Å². The molecule has 2 aromatic carbocycles. The highest BCUT2D eigenvalue weighted by Gasteiger charge is 2.20. The summed E-state index contributed by atoms with van der Waals surface area (Å²) in [5.41, 5.74) is 3.22. The van der Waals surface area contributed by atoms with Crippen LogP contribution < -0.4 is 16.0 Å². The topological polar surface area (TPSA) is 82.7 Å². The first-order valence-corrected chi connectivity index (χ1v) is 10.3. The summed E-state index contributed by atoms with van der Waals surface area (Å²) in [5.74, 6) is -0.220. The molecule has 1 heterocycles. The minimum Gasteiger partial charge on any atom is -0.379 e. The fourth-order valence-electron chi connectivity index (χ4n) is 3.32. The van der Waals surface area contributed by atoms with Gasteiger partial charge in [-0.3, -0.25) is 9.69 Å². The van der Waals surface area contributed by atoms with Gasteiger partial charge in [-0.05, 0) is 18.1 Å². The van der Waals surface area contributed by atoms with Gasteiger partial charge in [0, 0.05) is 26.2 Å². The van der Waals surface area contributed by atoms with Gasteiger partial charge in [0.15, 0.2) is 0 Å². The summed E-state index contributed by atoms with van der Waals surface area (Å²) >= 11 is 0. The van der Waals surface area contributed by atoms with E-state index in [1.807, 2.05) is 61.5 Å². The normalized spacial score (nSPS) is 15.2. The molecule has 7 heteroatoms. The summed E-state index contributed by atoms with van der Waals surface area (Å²) in [6.45, 7) is 6.17. The first-order valence-electron chi connectivity index (χ1n) is 10.3. The lowest BCUT2D eigenvalue weighted by molar-refractivity contribution is -0.121. The van der Waals surface area contributed by atoms with Gasteiger partial charge in [0.2, 0.25) is 5.91 Å². The maximum atomic E-state index is 12.5. The van der Waals surface area contributed by atoms with Gasteiger partial charge in [-0.1, -0.05) is 60.2 Å². The average Bonchev–Trinajstić information content (AvgIpc) is 2.78. The van der Waals surface area contributed by atoms with Crippen LogP contribution in [0.5, 0.6) is 0 Å². The molecule has 0 aliphatic carbocycles. The number of carbonyl (C=O) groups excluding carboxylic acids is 2. The third kappa shape index (κ3) is 7.17. The number of nitrogens with one attached hydrogen (secondary N) is 3. The largest absolute Gasteiger partial charge is 0.379 e. The summed E-state index contributed by atoms with van der Waals surface area (Å²) in [4.78, 5) is 26.8. The lowest BCUT2D eigenvalue weighted by atomic mass is 10.1. The van der Waals surface area contributed by atoms with E-state index in [0.717, 1.165) is 24.2 Å². The molecular formula is C23H30N4O3. The number of urea groups is 1. The van der Waals surface area contributed by atoms with Gasteiger partial charge in [-0.15, -0.1) is 0 Å². The van der Waals surface area contributed by atoms with Crippen LogP contribution in [0.15, 0.2) is 54.6 Å². The number of amides is 3. The number of hydrogen-bond acceptors (Lipinski definition) is 4. The Morgan fingerprint density at radius 3 is 2.40 bits per heavy atom. The maximum absolute atomic E-state index is 12.5. The molecule has 0 radical (unpaired) electrons. The van der Waals surface area contributed by atoms with Crippen molar-refractivity contribution in [2.45, 2.75) is 19.5 Å². The van der Waals surface area contributed by atoms with E-state index in [2.05, 4.69) is 20.9 Å². The third-order valence-corrected chi connectivity index (χ3v) is 5.06. The number of morpholine rings is 1. The summed E-state index contributed by atoms with van der Waals surface area (Å²) in [6.07, 6.45) is 0. The minimum absolute atomic E-state index is 0.0772. The Hall–Kier alpha value is -2.90. The molecule has 0 aromatic heterocycles. The van der Waals surface area contributed by atoms with Crippen molar-refractivity contribution >= 4 is 11.9 Å². The van der Waals surface area contributed by atoms with Gasteiger partial charge in [0.25, 0.3) is 0 Å². The molecule has 0 spiro atoms. The molecule has 1 aliphatic heterocycles. The van der Waals surface area contributed by atoms with Crippen LogP contribution >= 0.6 is 0 Å². The molecule has 3 amide bonds. The molecule has 1 unspecified atom stereocenters. The highest BCUT2D eigenvalue weighted by Crippen LogP contribution is 2.15. The van der Waals surface area contributed by atoms with Crippen molar-refractivity contribution < 1.29 is 14.3 Å². The Bertz CT molecular complexity index is 805. The van der Waals surface area contributed by atoms with Crippen LogP contribution in [0.25, 0.3) is 0 Å². The number of benzene rings is 2. The first kappa shape index (κ1) is 21.8. The average molecular weight is 411 g/mol. The molecule has 1 fully saturated rings. The zero-order valence-electron chi connectivity index (χ0n) is 17.4. The Morgan fingerprint density at radius 1 is 1.00 bits per heavy atom. The highest BCUT2D eigenvalue weighted by atomic mass is 16.5. The Labute approximate surface area is 177 Å². The summed E-state index contributed by atoms with van der Waals surface area (Å²) in [7, 11) is 0. The van der Waals surface area contributed by atoms with E-state index in [9.17, 15) is 9.59 Å². The van der Waals surface area contributed by atoms with Crippen molar-refractivity contribution in [1.82, 2.24) is 20.9 Å². The van der Waals surface area contributed by atoms with E-state index in [0.29, 0.717) is 26.3 Å². The van der Waals surface area contributed by atoms with Gasteiger partial charge < -0.3 is 20.7 Å². The summed E-state index contributed by atoms with van der Waals surface area (Å²) in [6, 6.07) is 17.3. The lowest BCUT2D eigenvalue weighted by Crippen LogP contribution is -2.46. The number of rotatable bonds is 8. The third-order valence-electron chi connectivity index (χ3n) is 5.06. The van der Waals surface area contributed by atoms with E-state index >= 15 is 0 Å². The van der Waals surface area contributed by atoms with Gasteiger partial charge >= 0.3 is 6.03 Å². The summed E-state index contributed by atoms with van der Waals surface area (Å²) < 4.78 is 5.41. The van der Waals surface area contributed by atoms with Gasteiger partial charge in [0.1, 0.15) is 0 Å². The molecule has 1 saturated heterocycles. The van der Waals surface area contributed by atoms with Gasteiger partial charge in [0.05, 0.1) is 25.8 Å². The van der Waals surface area contributed by atoms with Crippen LogP contribution in [0.3, 0.4) is 0 Å². The number of aryl methyl sites for hydroxylation is 1. The predicted octanol–water partition coefficient (Wildman–Crippen LogP) is 1.98. The van der Waals surface area contributed by atoms with E-state index in [-0.39, 0.29) is 24.5 Å². The van der Waals surface area contributed by atoms with Crippen LogP contribution in [0.4, 0.5) is 4.79 Å². The molecule has 3 N–H and O–H groups in total. The fraction of sp³-hybridized carbons (Fsp3) is 0.391. The standard InChI is InChI=1S/C23H30N4O3/c1-18-7-9-19(10-8-18)15-24-23(29)25-16-22(28)26-21(20-5-3-2-4-6-20)17-27-11-13-30-14-12-27/h2-10,21H,11-17H2,1H3,(H,26,28)(H2,24,25,29). The summed E-state index contributed by atoms with van der Waals surface area (Å²) in [5, 5.41) is 8.45. The second-order valence-corrected chi connectivity index (χ2v) is 7.47. The quantitative estimate of drug-likeness (QED) is 0.622. The van der Waals surface area contributed by atoms with E-state index in [1.165, 1.54) is 5.56 Å². The van der Waals surface area contributed by atoms with Crippen molar-refractivity contribution in [2.75, 3.05) is 39.4 Å². The van der Waals surface area contributed by atoms with E-state index < -0.39 is 0 Å². The molecule has 2 aromatic rings. The van der Waals surface area contributed by atoms with Crippen LogP contribution in [-0.4, -0.2) is 56.2 Å². The Morgan fingerprint density at radius 2 is 1.70 bits per heavy atom. The second kappa shape index (κ2) is 11.3. The molecule has 30 heavy (non-hydrogen) atoms. The van der Waals surface area contributed by atoms with Crippen LogP contribution in [-0.2, 0) is 16.1 Å². The zero-order valence-corrected chi connectivity index (χ0v) is 17.4. The molecular weight excluding hydrogens is 380 g/mol. The van der Waals surface area contributed by atoms with Crippen molar-refractivity contribution in [1.29, 1.82) is 0 Å². The monoisotopic (exact) mass is 410 g/mol. The predicted molar refractivity (Wildman–Crippen MR) is 116 cm³/mol. The minimum atomic E-state index is -0.366. The molecule has 3 rings (SSSR count). The maximum Gasteiger partial charge on any atom is 0.315 e. The number of nitrogens with zero attached hydrogens (tertiary/aromatic N) is 1. The Kier molecular flexibility index (Phi) is 8.23. The molecule has 7 nitrogen and oxygen atoms in total. The Balaban J connectivity index is 1.47. The van der Waals surface area contributed by atoms with Crippen molar-refractivity contribution in [2.24, 2.45) is 0 Å². The molecule has 160 valence electrons. The fourth-order valence-corrected chi connectivity index (χ4v) is 3.32. The smallest absolute Gasteiger partial charge is 0.315 e. The van der Waals surface area contributed by atoms with Crippen molar-refractivity contribution in [3.05, 3.63) is 71.3 Å². The molecule has 0 saturated carbocycles. The van der Waals surface area contributed by atoms with E-state index in [1.54, 1.807) is 0 Å². The van der Waals surface area contributed by atoms with Crippen molar-refractivity contribution in [3.8, 4) is 0 Å². The van der Waals surface area contributed by atoms with Crippen LogP contribution in [0, 0.1) is 6.92 Å². The second-order valence-electron chi connectivity index (χ2n) is 7.47. The zero-order chi connectivity index (χ0) is 21.2. The molecule has 1 atom stereocenters. The van der Waals surface area contributed by atoms with Crippen LogP contribution in [0.2, 0.25) is 0 Å². The number of hydrogen-bond donors (Lipinski definition) is 3. The van der Waals surface area contributed by atoms with Crippen LogP contribution in [0.1, 0.15) is 22.7 Å². The highest BCUT2D eigenvalue weighted by molar-refractivity contribution is 5.84. The lowest BCUT2D eigenvalue weighted by Gasteiger charge is -2.31. The van der Waals surface area contributed by atoms with Crippen molar-refractivity contribution in [3.63, 3.8) is 0 Å². The number of carbonyl (C=O) groups is 2. The molecule has 0 bridgehead atoms.